The summed E-state index contributed by atoms with van der Waals surface area (Å²) in [7, 11) is 0. The number of carboxylic acids is 1. The van der Waals surface area contributed by atoms with Crippen molar-refractivity contribution in [2.75, 3.05) is 4.90 Å². The lowest BCUT2D eigenvalue weighted by atomic mass is 9.85. The van der Waals surface area contributed by atoms with E-state index in [9.17, 15) is 14.4 Å². The van der Waals surface area contributed by atoms with Gasteiger partial charge in [-0.2, -0.15) is 0 Å². The van der Waals surface area contributed by atoms with Crippen LogP contribution >= 0.6 is 0 Å². The third-order valence-electron chi connectivity index (χ3n) is 4.82. The minimum atomic E-state index is -1.07. The number of amides is 2. The van der Waals surface area contributed by atoms with E-state index in [-0.39, 0.29) is 41.0 Å². The van der Waals surface area contributed by atoms with Crippen molar-refractivity contribution in [2.45, 2.75) is 6.42 Å². The molecule has 0 spiro atoms. The van der Waals surface area contributed by atoms with E-state index in [1.54, 1.807) is 12.1 Å². The predicted octanol–water partition coefficient (Wildman–Crippen LogP) is 1.70. The molecule has 1 aliphatic heterocycles. The van der Waals surface area contributed by atoms with Crippen LogP contribution in [0.15, 0.2) is 36.4 Å². The lowest BCUT2D eigenvalue weighted by Gasteiger charge is -2.17. The molecule has 2 fully saturated rings. The second-order valence-electron chi connectivity index (χ2n) is 5.87. The van der Waals surface area contributed by atoms with Crippen molar-refractivity contribution < 1.29 is 19.5 Å². The van der Waals surface area contributed by atoms with Crippen molar-refractivity contribution in [1.82, 2.24) is 0 Å². The number of carbonyl (C=O) groups excluding carboxylic acids is 2. The minimum absolute atomic E-state index is 0.0752. The summed E-state index contributed by atoms with van der Waals surface area (Å²) in [6.45, 7) is 0. The molecule has 1 heterocycles. The molecule has 1 aromatic rings. The summed E-state index contributed by atoms with van der Waals surface area (Å²) in [5.74, 6) is -1.66. The van der Waals surface area contributed by atoms with Crippen LogP contribution in [-0.2, 0) is 9.59 Å². The number of anilines is 1. The highest BCUT2D eigenvalue weighted by molar-refractivity contribution is 6.23. The molecule has 106 valence electrons. The van der Waals surface area contributed by atoms with E-state index in [0.29, 0.717) is 5.69 Å². The van der Waals surface area contributed by atoms with Gasteiger partial charge in [-0.15, -0.1) is 0 Å². The molecule has 2 aliphatic carbocycles. The van der Waals surface area contributed by atoms with Gasteiger partial charge in [-0.1, -0.05) is 18.2 Å². The maximum absolute atomic E-state index is 12.6. The summed E-state index contributed by atoms with van der Waals surface area (Å²) in [6, 6.07) is 6.00. The smallest absolute Gasteiger partial charge is 0.335 e. The number of benzene rings is 1. The molecule has 4 atom stereocenters. The van der Waals surface area contributed by atoms with Crippen molar-refractivity contribution in [2.24, 2.45) is 23.7 Å². The van der Waals surface area contributed by atoms with E-state index in [4.69, 9.17) is 5.11 Å². The fraction of sp³-hybridized carbons (Fsp3) is 0.312. The lowest BCUT2D eigenvalue weighted by Crippen LogP contribution is -2.32. The quantitative estimate of drug-likeness (QED) is 0.662. The Kier molecular flexibility index (Phi) is 2.37. The van der Waals surface area contributed by atoms with Gasteiger partial charge in [0, 0.05) is 0 Å². The van der Waals surface area contributed by atoms with Crippen molar-refractivity contribution in [3.63, 3.8) is 0 Å². The van der Waals surface area contributed by atoms with Crippen LogP contribution in [-0.4, -0.2) is 22.9 Å². The number of rotatable bonds is 2. The molecule has 1 saturated carbocycles. The zero-order chi connectivity index (χ0) is 14.7. The summed E-state index contributed by atoms with van der Waals surface area (Å²) < 4.78 is 0. The van der Waals surface area contributed by atoms with Crippen LogP contribution in [0.4, 0.5) is 5.69 Å². The summed E-state index contributed by atoms with van der Waals surface area (Å²) in [6.07, 6.45) is 4.96. The third kappa shape index (κ3) is 1.54. The average molecular weight is 283 g/mol. The molecule has 5 nitrogen and oxygen atoms in total. The maximum Gasteiger partial charge on any atom is 0.335 e. The van der Waals surface area contributed by atoms with Crippen LogP contribution in [0.3, 0.4) is 0 Å². The highest BCUT2D eigenvalue weighted by atomic mass is 16.4. The fourth-order valence-electron chi connectivity index (χ4n) is 3.93. The van der Waals surface area contributed by atoms with Crippen LogP contribution in [0.1, 0.15) is 16.8 Å². The van der Waals surface area contributed by atoms with Gasteiger partial charge in [0.2, 0.25) is 11.8 Å². The molecule has 0 unspecified atom stereocenters. The minimum Gasteiger partial charge on any atom is -0.478 e. The molecule has 21 heavy (non-hydrogen) atoms. The van der Waals surface area contributed by atoms with Crippen molar-refractivity contribution in [3.05, 3.63) is 42.0 Å². The van der Waals surface area contributed by atoms with Gasteiger partial charge in [-0.25, -0.2) is 9.69 Å². The first-order valence-electron chi connectivity index (χ1n) is 6.97. The number of hydrogen-bond acceptors (Lipinski definition) is 3. The summed E-state index contributed by atoms with van der Waals surface area (Å²) >= 11 is 0. The normalized spacial score (nSPS) is 32.9. The van der Waals surface area contributed by atoms with Gasteiger partial charge in [0.05, 0.1) is 23.1 Å². The zero-order valence-corrected chi connectivity index (χ0v) is 11.1. The molecule has 1 N–H and O–H groups in total. The largest absolute Gasteiger partial charge is 0.478 e. The van der Waals surface area contributed by atoms with Crippen molar-refractivity contribution in [3.8, 4) is 0 Å². The molecule has 0 aromatic heterocycles. The highest BCUT2D eigenvalue weighted by Crippen LogP contribution is 2.53. The second-order valence-corrected chi connectivity index (χ2v) is 5.87. The number of nitrogens with zero attached hydrogens (tertiary/aromatic N) is 1. The average Bonchev–Trinajstić information content (AvgIpc) is 3.13. The van der Waals surface area contributed by atoms with Crippen LogP contribution in [0, 0.1) is 23.7 Å². The molecule has 0 radical (unpaired) electrons. The number of allylic oxidation sites excluding steroid dienone is 2. The van der Waals surface area contributed by atoms with Crippen molar-refractivity contribution >= 4 is 23.5 Å². The molecule has 1 aromatic carbocycles. The number of fused-ring (bicyclic) bond motifs is 5. The molecule has 2 bridgehead atoms. The molecule has 4 rings (SSSR count). The lowest BCUT2D eigenvalue weighted by molar-refractivity contribution is -0.123. The standard InChI is InChI=1S/C16H13NO4/c18-14-12-8-4-5-9(6-8)13(12)15(19)17(14)11-3-1-2-10(7-11)16(20)21/h1-5,7-9,12-13H,6H2,(H,20,21)/t8-,9-,12-,13-/m1/s1. The molecule has 5 heteroatoms. The highest BCUT2D eigenvalue weighted by Gasteiger charge is 2.59. The van der Waals surface area contributed by atoms with Gasteiger partial charge in [-0.05, 0) is 36.5 Å². The van der Waals surface area contributed by atoms with Crippen LogP contribution in [0.2, 0.25) is 0 Å². The number of carboxylic acid groups (broad SMARTS) is 1. The summed E-state index contributed by atoms with van der Waals surface area (Å²) in [5, 5.41) is 9.04. The Labute approximate surface area is 120 Å². The fourth-order valence-corrected chi connectivity index (χ4v) is 3.93. The van der Waals surface area contributed by atoms with Gasteiger partial charge >= 0.3 is 5.97 Å². The Morgan fingerprint density at radius 2 is 1.71 bits per heavy atom. The van der Waals surface area contributed by atoms with E-state index in [0.717, 1.165) is 6.42 Å². The first kappa shape index (κ1) is 12.3. The maximum atomic E-state index is 12.6. The monoisotopic (exact) mass is 283 g/mol. The molecule has 2 amide bonds. The Morgan fingerprint density at radius 3 is 2.29 bits per heavy atom. The Hall–Kier alpha value is -2.43. The van der Waals surface area contributed by atoms with Crippen molar-refractivity contribution in [1.29, 1.82) is 0 Å². The van der Waals surface area contributed by atoms with Gasteiger partial charge in [0.15, 0.2) is 0 Å². The van der Waals surface area contributed by atoms with Gasteiger partial charge in [0.25, 0.3) is 0 Å². The molecular weight excluding hydrogens is 270 g/mol. The van der Waals surface area contributed by atoms with Gasteiger partial charge < -0.3 is 5.11 Å². The predicted molar refractivity (Wildman–Crippen MR) is 73.6 cm³/mol. The first-order valence-corrected chi connectivity index (χ1v) is 6.97. The van der Waals surface area contributed by atoms with Gasteiger partial charge in [-0.3, -0.25) is 9.59 Å². The van der Waals surface area contributed by atoms with Crippen LogP contribution in [0.25, 0.3) is 0 Å². The van der Waals surface area contributed by atoms with Crippen LogP contribution in [0.5, 0.6) is 0 Å². The van der Waals surface area contributed by atoms with Gasteiger partial charge in [0.1, 0.15) is 0 Å². The number of aromatic carboxylic acids is 1. The van der Waals surface area contributed by atoms with E-state index in [1.807, 2.05) is 12.2 Å². The topological polar surface area (TPSA) is 74.7 Å². The first-order chi connectivity index (χ1) is 10.1. The molecular formula is C16H13NO4. The SMILES string of the molecule is O=C(O)c1cccc(N2C(=O)[C@H]3[C@H](C2=O)[C@@H]2C=C[C@@H]3C2)c1. The molecule has 3 aliphatic rings. The Morgan fingerprint density at radius 1 is 1.10 bits per heavy atom. The van der Waals surface area contributed by atoms with E-state index < -0.39 is 5.97 Å². The van der Waals surface area contributed by atoms with E-state index in [2.05, 4.69) is 0 Å². The summed E-state index contributed by atoms with van der Waals surface area (Å²) in [5.41, 5.74) is 0.435. The summed E-state index contributed by atoms with van der Waals surface area (Å²) in [4.78, 5) is 37.4. The van der Waals surface area contributed by atoms with E-state index >= 15 is 0 Å². The van der Waals surface area contributed by atoms with E-state index in [1.165, 1.54) is 17.0 Å². The number of hydrogen-bond donors (Lipinski definition) is 1. The zero-order valence-electron chi connectivity index (χ0n) is 11.1. The number of carbonyl (C=O) groups is 3. The number of imide groups is 1. The Bertz CT molecular complexity index is 678. The second kappa shape index (κ2) is 4.04. The third-order valence-corrected chi connectivity index (χ3v) is 4.82. The Balaban J connectivity index is 1.74. The van der Waals surface area contributed by atoms with Crippen LogP contribution < -0.4 is 4.90 Å². The molecule has 1 saturated heterocycles.